The van der Waals surface area contributed by atoms with Crippen LogP contribution in [-0.4, -0.2) is 68.4 Å². The summed E-state index contributed by atoms with van der Waals surface area (Å²) in [5, 5.41) is 19.8. The average Bonchev–Trinajstić information content (AvgIpc) is 3.57. The fourth-order valence-corrected chi connectivity index (χ4v) is 3.12. The van der Waals surface area contributed by atoms with Gasteiger partial charge in [0.1, 0.15) is 5.56 Å². The van der Waals surface area contributed by atoms with Gasteiger partial charge in [-0.2, -0.15) is 0 Å². The highest BCUT2D eigenvalue weighted by atomic mass is 16.6. The Morgan fingerprint density at radius 3 is 2.31 bits per heavy atom. The predicted octanol–water partition coefficient (Wildman–Crippen LogP) is 2.10. The summed E-state index contributed by atoms with van der Waals surface area (Å²) in [5.41, 5.74) is -2.11. The molecule has 0 spiro atoms. The number of imidazole rings is 1. The summed E-state index contributed by atoms with van der Waals surface area (Å²) in [6, 6.07) is 2.11. The molecule has 36 heavy (non-hydrogen) atoms. The Kier molecular flexibility index (Phi) is 7.93. The van der Waals surface area contributed by atoms with Gasteiger partial charge in [0.2, 0.25) is 23.5 Å². The third-order valence-electron chi connectivity index (χ3n) is 4.80. The molecule has 3 rings (SSSR count). The van der Waals surface area contributed by atoms with Crippen LogP contribution in [0, 0.1) is 10.1 Å². The van der Waals surface area contributed by atoms with E-state index in [1.165, 1.54) is 26.6 Å². The molecule has 2 heterocycles. The molecular weight excluding hydrogens is 480 g/mol. The van der Waals surface area contributed by atoms with Crippen LogP contribution >= 0.6 is 0 Å². The second-order valence-electron chi connectivity index (χ2n) is 6.95. The fourth-order valence-electron chi connectivity index (χ4n) is 3.12. The van der Waals surface area contributed by atoms with Crippen LogP contribution in [0.3, 0.4) is 0 Å². The maximum atomic E-state index is 13.5. The molecule has 0 radical (unpaired) electrons. The van der Waals surface area contributed by atoms with Crippen LogP contribution < -0.4 is 9.47 Å². The van der Waals surface area contributed by atoms with Crippen molar-refractivity contribution in [1.29, 1.82) is 0 Å². The molecule has 0 aliphatic rings. The van der Waals surface area contributed by atoms with Gasteiger partial charge < -0.3 is 23.9 Å². The van der Waals surface area contributed by atoms with Crippen molar-refractivity contribution in [2.24, 2.45) is 0 Å². The number of aromatic nitrogens is 5. The van der Waals surface area contributed by atoms with Gasteiger partial charge in [-0.25, -0.2) is 14.6 Å². The molecule has 15 nitrogen and oxygen atoms in total. The van der Waals surface area contributed by atoms with Crippen molar-refractivity contribution in [3.8, 4) is 11.5 Å². The number of esters is 2. The molecular formula is C21H22N6O9. The lowest BCUT2D eigenvalue weighted by Gasteiger charge is -2.14. The topological polar surface area (TPSA) is 191 Å². The van der Waals surface area contributed by atoms with Crippen LogP contribution in [0.4, 0.5) is 5.69 Å². The van der Waals surface area contributed by atoms with E-state index in [1.807, 2.05) is 0 Å². The van der Waals surface area contributed by atoms with E-state index in [-0.39, 0.29) is 30.4 Å². The Hall–Kier alpha value is -4.82. The SMILES string of the molecule is CCOC(=O)c1nn(C(CC)OC(=O)c2ncc[nH]2)nc1C(=O)c1cc(OC)c(OC)cc1[N+](=O)[O-]. The molecule has 0 amide bonds. The third kappa shape index (κ3) is 5.13. The number of aromatic amines is 1. The highest BCUT2D eigenvalue weighted by Gasteiger charge is 2.33. The van der Waals surface area contributed by atoms with Crippen molar-refractivity contribution in [2.75, 3.05) is 20.8 Å². The molecule has 0 aliphatic heterocycles. The Morgan fingerprint density at radius 1 is 1.08 bits per heavy atom. The van der Waals surface area contributed by atoms with Crippen LogP contribution in [0.15, 0.2) is 24.5 Å². The first-order valence-electron chi connectivity index (χ1n) is 10.5. The zero-order valence-corrected chi connectivity index (χ0v) is 19.7. The van der Waals surface area contributed by atoms with E-state index >= 15 is 0 Å². The van der Waals surface area contributed by atoms with E-state index in [0.717, 1.165) is 16.9 Å². The molecule has 0 bridgehead atoms. The molecule has 1 N–H and O–H groups in total. The molecule has 0 saturated heterocycles. The van der Waals surface area contributed by atoms with Crippen LogP contribution in [0.25, 0.3) is 0 Å². The van der Waals surface area contributed by atoms with Crippen LogP contribution in [0.5, 0.6) is 11.5 Å². The largest absolute Gasteiger partial charge is 0.493 e. The molecule has 1 unspecified atom stereocenters. The van der Waals surface area contributed by atoms with E-state index in [9.17, 15) is 24.5 Å². The molecule has 1 atom stereocenters. The van der Waals surface area contributed by atoms with E-state index in [1.54, 1.807) is 13.8 Å². The standard InChI is InChI=1S/C21H22N6O9/c1-5-15(36-21(30)19-22-7-8-23-19)26-24-16(17(25-26)20(29)35-6-2)18(28)11-9-13(33-3)14(34-4)10-12(11)27(31)32/h7-10,15H,5-6H2,1-4H3,(H,22,23). The number of benzene rings is 1. The van der Waals surface area contributed by atoms with Crippen molar-refractivity contribution in [3.63, 3.8) is 0 Å². The second kappa shape index (κ2) is 11.1. The van der Waals surface area contributed by atoms with Gasteiger partial charge in [-0.15, -0.1) is 15.0 Å². The summed E-state index contributed by atoms with van der Waals surface area (Å²) >= 11 is 0. The minimum absolute atomic E-state index is 0.0194. The lowest BCUT2D eigenvalue weighted by atomic mass is 10.0. The first-order valence-corrected chi connectivity index (χ1v) is 10.5. The number of ether oxygens (including phenoxy) is 4. The zero-order valence-electron chi connectivity index (χ0n) is 19.7. The number of carbonyl (C=O) groups is 3. The molecule has 190 valence electrons. The minimum Gasteiger partial charge on any atom is -0.493 e. The lowest BCUT2D eigenvalue weighted by molar-refractivity contribution is -0.385. The smallest absolute Gasteiger partial charge is 0.376 e. The predicted molar refractivity (Wildman–Crippen MR) is 119 cm³/mol. The summed E-state index contributed by atoms with van der Waals surface area (Å²) in [5.74, 6) is -2.86. The van der Waals surface area contributed by atoms with Gasteiger partial charge in [0.15, 0.2) is 17.2 Å². The summed E-state index contributed by atoms with van der Waals surface area (Å²) in [6.07, 6.45) is 1.79. The van der Waals surface area contributed by atoms with E-state index in [2.05, 4.69) is 20.2 Å². The van der Waals surface area contributed by atoms with Crippen molar-refractivity contribution in [3.05, 3.63) is 57.4 Å². The van der Waals surface area contributed by atoms with E-state index in [4.69, 9.17) is 18.9 Å². The number of carbonyl (C=O) groups excluding carboxylic acids is 3. The second-order valence-corrected chi connectivity index (χ2v) is 6.95. The Bertz CT molecular complexity index is 1290. The van der Waals surface area contributed by atoms with E-state index < -0.39 is 51.5 Å². The van der Waals surface area contributed by atoms with Gasteiger partial charge in [0.05, 0.1) is 31.8 Å². The Labute approximate surface area is 203 Å². The van der Waals surface area contributed by atoms with Crippen LogP contribution in [0.1, 0.15) is 63.7 Å². The molecule has 3 aromatic rings. The summed E-state index contributed by atoms with van der Waals surface area (Å²) < 4.78 is 20.6. The molecule has 0 fully saturated rings. The number of nitro benzene ring substituents is 1. The number of ketones is 1. The normalized spacial score (nSPS) is 11.4. The van der Waals surface area contributed by atoms with Crippen LogP contribution in [-0.2, 0) is 9.47 Å². The van der Waals surface area contributed by atoms with Gasteiger partial charge in [-0.1, -0.05) is 6.92 Å². The number of nitrogens with zero attached hydrogens (tertiary/aromatic N) is 5. The van der Waals surface area contributed by atoms with Gasteiger partial charge in [-0.3, -0.25) is 14.9 Å². The number of H-pyrrole nitrogens is 1. The number of hydrogen-bond acceptors (Lipinski definition) is 12. The molecule has 0 saturated carbocycles. The molecule has 15 heteroatoms. The highest BCUT2D eigenvalue weighted by molar-refractivity contribution is 6.14. The average molecular weight is 502 g/mol. The fraction of sp³-hybridized carbons (Fsp3) is 0.333. The summed E-state index contributed by atoms with van der Waals surface area (Å²) in [4.78, 5) is 56.5. The maximum Gasteiger partial charge on any atom is 0.376 e. The summed E-state index contributed by atoms with van der Waals surface area (Å²) in [7, 11) is 2.57. The third-order valence-corrected chi connectivity index (χ3v) is 4.80. The van der Waals surface area contributed by atoms with Gasteiger partial charge in [0, 0.05) is 24.9 Å². The summed E-state index contributed by atoms with van der Waals surface area (Å²) in [6.45, 7) is 3.15. The molecule has 2 aromatic heterocycles. The zero-order chi connectivity index (χ0) is 26.4. The van der Waals surface area contributed by atoms with Crippen molar-refractivity contribution in [1.82, 2.24) is 25.0 Å². The first-order chi connectivity index (χ1) is 17.2. The number of hydrogen-bond donors (Lipinski definition) is 1. The van der Waals surface area contributed by atoms with Gasteiger partial charge in [-0.05, 0) is 6.92 Å². The Balaban J connectivity index is 2.10. The van der Waals surface area contributed by atoms with Crippen molar-refractivity contribution < 1.29 is 38.3 Å². The van der Waals surface area contributed by atoms with Crippen LogP contribution in [0.2, 0.25) is 0 Å². The quantitative estimate of drug-likeness (QED) is 0.174. The highest BCUT2D eigenvalue weighted by Crippen LogP contribution is 2.35. The number of nitro groups is 1. The van der Waals surface area contributed by atoms with Gasteiger partial charge >= 0.3 is 11.9 Å². The molecule has 1 aromatic carbocycles. The van der Waals surface area contributed by atoms with Crippen molar-refractivity contribution >= 4 is 23.4 Å². The Morgan fingerprint density at radius 2 is 1.75 bits per heavy atom. The van der Waals surface area contributed by atoms with Crippen molar-refractivity contribution in [2.45, 2.75) is 26.5 Å². The number of rotatable bonds is 11. The monoisotopic (exact) mass is 502 g/mol. The lowest BCUT2D eigenvalue weighted by Crippen LogP contribution is -2.20. The van der Waals surface area contributed by atoms with E-state index in [0.29, 0.717) is 0 Å². The minimum atomic E-state index is -1.14. The molecule has 0 aliphatic carbocycles. The number of methoxy groups -OCH3 is 2. The first kappa shape index (κ1) is 25.8. The van der Waals surface area contributed by atoms with Gasteiger partial charge in [0.25, 0.3) is 5.69 Å². The maximum absolute atomic E-state index is 13.5. The number of nitrogens with one attached hydrogen (secondary N) is 1.